The van der Waals surface area contributed by atoms with Crippen LogP contribution in [0.25, 0.3) is 0 Å². The van der Waals surface area contributed by atoms with Crippen LogP contribution in [0.1, 0.15) is 15.9 Å². The number of carbonyl (C=O) groups is 1. The molecule has 3 heteroatoms. The van der Waals surface area contributed by atoms with Gasteiger partial charge in [-0.15, -0.1) is 0 Å². The number of aromatic carboxylic acids is 1. The zero-order valence-corrected chi connectivity index (χ0v) is 6.71. The number of hydrogen-bond acceptors (Lipinski definition) is 2. The summed E-state index contributed by atoms with van der Waals surface area (Å²) in [7, 11) is 0. The summed E-state index contributed by atoms with van der Waals surface area (Å²) in [5, 5.41) is 8.66. The molecule has 0 unspecified atom stereocenters. The van der Waals surface area contributed by atoms with E-state index in [1.807, 2.05) is 0 Å². The molecule has 11 heavy (non-hydrogen) atoms. The molecule has 0 saturated heterocycles. The van der Waals surface area contributed by atoms with Crippen molar-refractivity contribution in [2.75, 3.05) is 0 Å². The van der Waals surface area contributed by atoms with Gasteiger partial charge in [0.05, 0.1) is 5.56 Å². The number of thiol groups is 1. The van der Waals surface area contributed by atoms with Crippen molar-refractivity contribution in [1.82, 2.24) is 0 Å². The van der Waals surface area contributed by atoms with Gasteiger partial charge in [0.1, 0.15) is 0 Å². The van der Waals surface area contributed by atoms with E-state index >= 15 is 0 Å². The lowest BCUT2D eigenvalue weighted by molar-refractivity contribution is 0.0696. The fourth-order valence-electron chi connectivity index (χ4n) is 0.867. The van der Waals surface area contributed by atoms with Crippen LogP contribution in [0.4, 0.5) is 0 Å². The maximum absolute atomic E-state index is 10.5. The third-order valence-electron chi connectivity index (χ3n) is 1.42. The lowest BCUT2D eigenvalue weighted by Gasteiger charge is -1.99. The average Bonchev–Trinajstić information content (AvgIpc) is 2.04. The maximum atomic E-state index is 10.5. The van der Waals surface area contributed by atoms with Crippen molar-refractivity contribution in [3.8, 4) is 0 Å². The Morgan fingerprint density at radius 1 is 1.45 bits per heavy atom. The topological polar surface area (TPSA) is 37.3 Å². The van der Waals surface area contributed by atoms with Gasteiger partial charge in [-0.05, 0) is 11.6 Å². The summed E-state index contributed by atoms with van der Waals surface area (Å²) in [6, 6.07) is 6.85. The van der Waals surface area contributed by atoms with Crippen molar-refractivity contribution in [1.29, 1.82) is 0 Å². The van der Waals surface area contributed by atoms with E-state index < -0.39 is 5.97 Å². The smallest absolute Gasteiger partial charge is 0.335 e. The van der Waals surface area contributed by atoms with Gasteiger partial charge in [-0.1, -0.05) is 18.2 Å². The van der Waals surface area contributed by atoms with Crippen LogP contribution in [0.5, 0.6) is 0 Å². The second kappa shape index (κ2) is 3.44. The van der Waals surface area contributed by atoms with Gasteiger partial charge in [-0.25, -0.2) is 4.79 Å². The first-order valence-electron chi connectivity index (χ1n) is 3.17. The van der Waals surface area contributed by atoms with Crippen LogP contribution >= 0.6 is 12.6 Å². The van der Waals surface area contributed by atoms with Crippen LogP contribution in [-0.2, 0) is 5.75 Å². The Balaban J connectivity index is 3.12. The molecule has 0 aliphatic carbocycles. The van der Waals surface area contributed by atoms with Crippen molar-refractivity contribution in [2.45, 2.75) is 5.75 Å². The van der Waals surface area contributed by atoms with E-state index in [0.717, 1.165) is 5.56 Å². The molecule has 1 rings (SSSR count). The summed E-state index contributed by atoms with van der Waals surface area (Å²) < 4.78 is 0. The normalized spacial score (nSPS) is 9.55. The maximum Gasteiger partial charge on any atom is 0.335 e. The molecule has 0 spiro atoms. The number of benzene rings is 1. The van der Waals surface area contributed by atoms with E-state index in [1.165, 1.54) is 0 Å². The Morgan fingerprint density at radius 2 is 2.09 bits per heavy atom. The zero-order valence-electron chi connectivity index (χ0n) is 5.82. The largest absolute Gasteiger partial charge is 0.478 e. The average molecular weight is 170 g/mol. The molecule has 0 amide bonds. The first kappa shape index (κ1) is 8.14. The SMILES string of the molecule is OC(=[18O])c1ccccc1CS. The van der Waals surface area contributed by atoms with Gasteiger partial charge in [-0.3, -0.25) is 0 Å². The van der Waals surface area contributed by atoms with E-state index in [0.29, 0.717) is 11.3 Å². The molecule has 0 atom stereocenters. The van der Waals surface area contributed by atoms with Crippen LogP contribution in [0, 0.1) is 0 Å². The predicted octanol–water partition coefficient (Wildman–Crippen LogP) is 1.81. The van der Waals surface area contributed by atoms with Crippen LogP contribution in [0.15, 0.2) is 24.3 Å². The lowest BCUT2D eigenvalue weighted by atomic mass is 10.1. The van der Waals surface area contributed by atoms with Gasteiger partial charge in [0.15, 0.2) is 0 Å². The summed E-state index contributed by atoms with van der Waals surface area (Å²) in [5.41, 5.74) is 1.09. The number of carboxylic acid groups (broad SMARTS) is 1. The third kappa shape index (κ3) is 1.74. The van der Waals surface area contributed by atoms with Gasteiger partial charge < -0.3 is 5.11 Å². The van der Waals surface area contributed by atoms with Gasteiger partial charge in [-0.2, -0.15) is 12.6 Å². The first-order valence-corrected chi connectivity index (χ1v) is 3.81. The van der Waals surface area contributed by atoms with Crippen LogP contribution in [-0.4, -0.2) is 11.1 Å². The first-order chi connectivity index (χ1) is 5.25. The molecule has 0 aliphatic rings. The van der Waals surface area contributed by atoms with Crippen molar-refractivity contribution >= 4 is 18.6 Å². The van der Waals surface area contributed by atoms with Crippen LogP contribution < -0.4 is 0 Å². The quantitative estimate of drug-likeness (QED) is 0.524. The summed E-state index contributed by atoms with van der Waals surface area (Å²) in [6.07, 6.45) is 0. The molecule has 0 saturated carbocycles. The van der Waals surface area contributed by atoms with E-state index in [1.54, 1.807) is 24.3 Å². The molecule has 1 aromatic carbocycles. The van der Waals surface area contributed by atoms with Crippen LogP contribution in [0.2, 0.25) is 0 Å². The van der Waals surface area contributed by atoms with E-state index in [4.69, 9.17) is 5.11 Å². The van der Waals surface area contributed by atoms with E-state index in [-0.39, 0.29) is 0 Å². The number of hydrogen-bond donors (Lipinski definition) is 2. The highest BCUT2D eigenvalue weighted by molar-refractivity contribution is 7.79. The second-order valence-electron chi connectivity index (χ2n) is 2.12. The molecule has 2 nitrogen and oxygen atoms in total. The predicted molar refractivity (Wildman–Crippen MR) is 46.1 cm³/mol. The minimum atomic E-state index is -0.894. The minimum absolute atomic E-state index is 0.336. The van der Waals surface area contributed by atoms with Gasteiger partial charge in [0.2, 0.25) is 0 Å². The lowest BCUT2D eigenvalue weighted by Crippen LogP contribution is -1.99. The molecule has 0 bridgehead atoms. The molecule has 0 radical (unpaired) electrons. The van der Waals surface area contributed by atoms with Gasteiger partial charge in [0, 0.05) is 5.75 Å². The highest BCUT2D eigenvalue weighted by atomic mass is 32.1. The summed E-state index contributed by atoms with van der Waals surface area (Å²) in [6.45, 7) is 0. The second-order valence-corrected chi connectivity index (χ2v) is 2.44. The summed E-state index contributed by atoms with van der Waals surface area (Å²) >= 11 is 4.01. The highest BCUT2D eigenvalue weighted by Crippen LogP contribution is 2.10. The Labute approximate surface area is 70.3 Å². The molecule has 58 valence electrons. The van der Waals surface area contributed by atoms with Crippen molar-refractivity contribution in [3.63, 3.8) is 0 Å². The molecule has 0 heterocycles. The molecular formula is C8H8O2S. The van der Waals surface area contributed by atoms with Gasteiger partial charge >= 0.3 is 5.97 Å². The standard InChI is InChI=1S/C8H8O2S/c9-8(10)7-4-2-1-3-6(7)5-11/h1-4,11H,5H2,(H,9,10)/i9+2. The molecule has 1 N–H and O–H groups in total. The summed E-state index contributed by atoms with van der Waals surface area (Å²) in [4.78, 5) is 10.5. The van der Waals surface area contributed by atoms with Gasteiger partial charge in [0.25, 0.3) is 0 Å². The Morgan fingerprint density at radius 3 is 2.55 bits per heavy atom. The minimum Gasteiger partial charge on any atom is -0.478 e. The number of carboxylic acids is 1. The fourth-order valence-corrected chi connectivity index (χ4v) is 1.14. The number of rotatable bonds is 2. The Bertz CT molecular complexity index is 271. The van der Waals surface area contributed by atoms with E-state index in [9.17, 15) is 4.79 Å². The third-order valence-corrected chi connectivity index (χ3v) is 1.76. The monoisotopic (exact) mass is 170 g/mol. The fraction of sp³-hybridized carbons (Fsp3) is 0.125. The Kier molecular flexibility index (Phi) is 2.54. The summed E-state index contributed by atoms with van der Waals surface area (Å²) in [5.74, 6) is -0.433. The molecule has 0 aromatic heterocycles. The van der Waals surface area contributed by atoms with Crippen molar-refractivity contribution in [2.24, 2.45) is 0 Å². The van der Waals surface area contributed by atoms with Crippen LogP contribution in [0.3, 0.4) is 0 Å². The molecular weight excluding hydrogens is 162 g/mol. The molecule has 1 aromatic rings. The molecule has 0 fully saturated rings. The van der Waals surface area contributed by atoms with E-state index in [2.05, 4.69) is 12.6 Å². The van der Waals surface area contributed by atoms with Crippen molar-refractivity contribution < 1.29 is 9.90 Å². The molecule has 0 aliphatic heterocycles. The zero-order chi connectivity index (χ0) is 8.27. The van der Waals surface area contributed by atoms with Crippen molar-refractivity contribution in [3.05, 3.63) is 35.4 Å². The Hall–Kier alpha value is -0.960. The highest BCUT2D eigenvalue weighted by Gasteiger charge is 2.05.